The molecule has 1 atom stereocenters. The summed E-state index contributed by atoms with van der Waals surface area (Å²) in [6.07, 6.45) is 6.61. The van der Waals surface area contributed by atoms with Crippen LogP contribution in [0.2, 0.25) is 0 Å². The summed E-state index contributed by atoms with van der Waals surface area (Å²) >= 11 is 0. The van der Waals surface area contributed by atoms with Crippen molar-refractivity contribution in [1.82, 2.24) is 5.32 Å². The molecule has 1 aliphatic rings. The van der Waals surface area contributed by atoms with Crippen LogP contribution in [0.25, 0.3) is 0 Å². The Hall–Kier alpha value is -1.71. The van der Waals surface area contributed by atoms with Gasteiger partial charge in [0.05, 0.1) is 19.8 Å². The summed E-state index contributed by atoms with van der Waals surface area (Å²) < 4.78 is 11.2. The Balaban J connectivity index is 1.95. The van der Waals surface area contributed by atoms with Crippen molar-refractivity contribution in [3.05, 3.63) is 23.8 Å². The molecule has 0 unspecified atom stereocenters. The number of carbonyl (C=O) groups is 1. The molecule has 0 spiro atoms. The van der Waals surface area contributed by atoms with E-state index in [-0.39, 0.29) is 17.9 Å². The smallest absolute Gasteiger partial charge is 0.223 e. The van der Waals surface area contributed by atoms with Gasteiger partial charge in [0.1, 0.15) is 0 Å². The van der Waals surface area contributed by atoms with E-state index in [0.717, 1.165) is 36.3 Å². The minimum absolute atomic E-state index is 0.0221. The molecule has 0 saturated heterocycles. The molecule has 0 radical (unpaired) electrons. The van der Waals surface area contributed by atoms with Crippen LogP contribution in [0.5, 0.6) is 11.5 Å². The second-order valence-corrected chi connectivity index (χ2v) is 6.32. The van der Waals surface area contributed by atoms with Crippen LogP contribution < -0.4 is 14.8 Å². The highest BCUT2D eigenvalue weighted by atomic mass is 16.5. The lowest BCUT2D eigenvalue weighted by atomic mass is 9.84. The summed E-state index contributed by atoms with van der Waals surface area (Å²) in [5, 5.41) is 3.09. The van der Waals surface area contributed by atoms with Crippen molar-refractivity contribution in [3.63, 3.8) is 0 Å². The molecule has 4 heteroatoms. The van der Waals surface area contributed by atoms with Gasteiger partial charge in [-0.3, -0.25) is 4.79 Å². The first-order valence-electron chi connectivity index (χ1n) is 8.76. The molecule has 1 aromatic carbocycles. The summed E-state index contributed by atoms with van der Waals surface area (Å²) in [4.78, 5) is 12.1. The van der Waals surface area contributed by atoms with Gasteiger partial charge in [-0.2, -0.15) is 0 Å². The first kappa shape index (κ1) is 17.6. The average molecular weight is 319 g/mol. The first-order chi connectivity index (χ1) is 11.2. The third kappa shape index (κ3) is 4.88. The van der Waals surface area contributed by atoms with Crippen LogP contribution in [-0.2, 0) is 4.79 Å². The molecule has 1 saturated carbocycles. The van der Waals surface area contributed by atoms with Crippen LogP contribution >= 0.6 is 0 Å². The standard InChI is InChI=1S/C19H29NO3/c1-4-5-6-12-23-17-11-10-16(13-18(17)22-3)14(2)20-19(21)15-8-7-9-15/h10-11,13-15H,4-9,12H2,1-3H3,(H,20,21)/t14-/m0/s1. The predicted octanol–water partition coefficient (Wildman–Crippen LogP) is 4.24. The van der Waals surface area contributed by atoms with Gasteiger partial charge in [0, 0.05) is 5.92 Å². The van der Waals surface area contributed by atoms with Crippen molar-refractivity contribution in [3.8, 4) is 11.5 Å². The lowest BCUT2D eigenvalue weighted by Crippen LogP contribution is -2.35. The summed E-state index contributed by atoms with van der Waals surface area (Å²) in [5.74, 6) is 1.87. The molecule has 23 heavy (non-hydrogen) atoms. The van der Waals surface area contributed by atoms with Gasteiger partial charge in [-0.25, -0.2) is 0 Å². The molecule has 0 bridgehead atoms. The maximum atomic E-state index is 12.1. The van der Waals surface area contributed by atoms with E-state index in [2.05, 4.69) is 12.2 Å². The van der Waals surface area contributed by atoms with E-state index in [4.69, 9.17) is 9.47 Å². The molecule has 1 N–H and O–H groups in total. The number of unbranched alkanes of at least 4 members (excludes halogenated alkanes) is 2. The van der Waals surface area contributed by atoms with E-state index >= 15 is 0 Å². The van der Waals surface area contributed by atoms with Gasteiger partial charge in [0.2, 0.25) is 5.91 Å². The monoisotopic (exact) mass is 319 g/mol. The third-order valence-corrected chi connectivity index (χ3v) is 4.53. The SMILES string of the molecule is CCCCCOc1ccc([C@H](C)NC(=O)C2CCC2)cc1OC. The molecule has 1 amide bonds. The molecule has 4 nitrogen and oxygen atoms in total. The molecule has 0 heterocycles. The Morgan fingerprint density at radius 1 is 1.30 bits per heavy atom. The van der Waals surface area contributed by atoms with E-state index in [1.54, 1.807) is 7.11 Å². The van der Waals surface area contributed by atoms with Crippen LogP contribution in [0.15, 0.2) is 18.2 Å². The molecular formula is C19H29NO3. The van der Waals surface area contributed by atoms with E-state index in [1.807, 2.05) is 25.1 Å². The lowest BCUT2D eigenvalue weighted by molar-refractivity contribution is -0.128. The highest BCUT2D eigenvalue weighted by Crippen LogP contribution is 2.31. The zero-order chi connectivity index (χ0) is 16.7. The highest BCUT2D eigenvalue weighted by molar-refractivity contribution is 5.79. The quantitative estimate of drug-likeness (QED) is 0.693. The number of amides is 1. The second kappa shape index (κ2) is 8.80. The van der Waals surface area contributed by atoms with Crippen molar-refractivity contribution in [1.29, 1.82) is 0 Å². The van der Waals surface area contributed by atoms with Crippen molar-refractivity contribution >= 4 is 5.91 Å². The molecular weight excluding hydrogens is 290 g/mol. The van der Waals surface area contributed by atoms with Crippen molar-refractivity contribution in [2.24, 2.45) is 5.92 Å². The molecule has 2 rings (SSSR count). The van der Waals surface area contributed by atoms with Gasteiger partial charge in [0.25, 0.3) is 0 Å². The summed E-state index contributed by atoms with van der Waals surface area (Å²) in [6.45, 7) is 4.89. The average Bonchev–Trinajstić information content (AvgIpc) is 2.49. The van der Waals surface area contributed by atoms with Crippen molar-refractivity contribution in [2.75, 3.05) is 13.7 Å². The number of rotatable bonds is 9. The van der Waals surface area contributed by atoms with E-state index in [1.165, 1.54) is 19.3 Å². The summed E-state index contributed by atoms with van der Waals surface area (Å²) in [7, 11) is 1.65. The lowest BCUT2D eigenvalue weighted by Gasteiger charge is -2.26. The van der Waals surface area contributed by atoms with Gasteiger partial charge in [-0.15, -0.1) is 0 Å². The number of ether oxygens (including phenoxy) is 2. The fourth-order valence-corrected chi connectivity index (χ4v) is 2.69. The van der Waals surface area contributed by atoms with E-state index < -0.39 is 0 Å². The maximum absolute atomic E-state index is 12.1. The number of nitrogens with one attached hydrogen (secondary N) is 1. The summed E-state index contributed by atoms with van der Waals surface area (Å²) in [5.41, 5.74) is 1.04. The van der Waals surface area contributed by atoms with Crippen molar-refractivity contribution < 1.29 is 14.3 Å². The van der Waals surface area contributed by atoms with Crippen LogP contribution in [0.1, 0.15) is 64.0 Å². The maximum Gasteiger partial charge on any atom is 0.223 e. The molecule has 1 fully saturated rings. The minimum Gasteiger partial charge on any atom is -0.493 e. The number of carbonyl (C=O) groups excluding carboxylic acids is 1. The summed E-state index contributed by atoms with van der Waals surface area (Å²) in [6, 6.07) is 5.88. The Bertz CT molecular complexity index is 511. The Labute approximate surface area is 139 Å². The Kier molecular flexibility index (Phi) is 6.75. The van der Waals surface area contributed by atoms with Crippen LogP contribution in [0, 0.1) is 5.92 Å². The molecule has 1 aliphatic carbocycles. The third-order valence-electron chi connectivity index (χ3n) is 4.53. The first-order valence-corrected chi connectivity index (χ1v) is 8.76. The predicted molar refractivity (Wildman–Crippen MR) is 91.9 cm³/mol. The van der Waals surface area contributed by atoms with E-state index in [9.17, 15) is 4.79 Å². The highest BCUT2D eigenvalue weighted by Gasteiger charge is 2.26. The fourth-order valence-electron chi connectivity index (χ4n) is 2.69. The number of methoxy groups -OCH3 is 1. The van der Waals surface area contributed by atoms with Gasteiger partial charge >= 0.3 is 0 Å². The molecule has 128 valence electrons. The normalized spacial score (nSPS) is 15.6. The largest absolute Gasteiger partial charge is 0.493 e. The number of hydrogen-bond acceptors (Lipinski definition) is 3. The van der Waals surface area contributed by atoms with E-state index in [0.29, 0.717) is 6.61 Å². The van der Waals surface area contributed by atoms with Gasteiger partial charge in [-0.05, 0) is 43.9 Å². The minimum atomic E-state index is -0.0221. The van der Waals surface area contributed by atoms with Crippen LogP contribution in [-0.4, -0.2) is 19.6 Å². The zero-order valence-corrected chi connectivity index (χ0v) is 14.6. The van der Waals surface area contributed by atoms with Crippen molar-refractivity contribution in [2.45, 2.75) is 58.4 Å². The second-order valence-electron chi connectivity index (χ2n) is 6.32. The number of benzene rings is 1. The van der Waals surface area contributed by atoms with Gasteiger partial charge in [0.15, 0.2) is 11.5 Å². The topological polar surface area (TPSA) is 47.6 Å². The van der Waals surface area contributed by atoms with Gasteiger partial charge < -0.3 is 14.8 Å². The molecule has 0 aromatic heterocycles. The molecule has 1 aromatic rings. The fraction of sp³-hybridized carbons (Fsp3) is 0.632. The zero-order valence-electron chi connectivity index (χ0n) is 14.6. The van der Waals surface area contributed by atoms with Crippen LogP contribution in [0.4, 0.5) is 0 Å². The number of hydrogen-bond donors (Lipinski definition) is 1. The van der Waals surface area contributed by atoms with Crippen LogP contribution in [0.3, 0.4) is 0 Å². The Morgan fingerprint density at radius 3 is 2.70 bits per heavy atom. The molecule has 0 aliphatic heterocycles. The van der Waals surface area contributed by atoms with Gasteiger partial charge in [-0.1, -0.05) is 32.3 Å². The Morgan fingerprint density at radius 2 is 2.09 bits per heavy atom.